The zero-order chi connectivity index (χ0) is 23.4. The highest BCUT2D eigenvalue weighted by molar-refractivity contribution is 7.17. The molecule has 0 amide bonds. The van der Waals surface area contributed by atoms with Gasteiger partial charge in [-0.3, -0.25) is 0 Å². The van der Waals surface area contributed by atoms with Gasteiger partial charge in [-0.15, -0.1) is 11.3 Å². The topological polar surface area (TPSA) is 47.6 Å². The van der Waals surface area contributed by atoms with Crippen molar-refractivity contribution in [1.82, 2.24) is 0 Å². The van der Waals surface area contributed by atoms with Gasteiger partial charge < -0.3 is 19.6 Å². The number of rotatable bonds is 15. The number of nitrogens with zero attached hydrogens (tertiary/aromatic N) is 3. The van der Waals surface area contributed by atoms with Gasteiger partial charge in [-0.2, -0.15) is 0 Å². The first-order valence-electron chi connectivity index (χ1n) is 12.0. The molecule has 0 aliphatic heterocycles. The van der Waals surface area contributed by atoms with Crippen LogP contribution in [0, 0.1) is 0 Å². The lowest BCUT2D eigenvalue weighted by atomic mass is 10.2. The SMILES string of the molecule is CCCCN(CCCC)c1ccc(/C=C/c2cc[n+](CC(O)C[N+](C)(C)CCO)cc2)s1. The maximum Gasteiger partial charge on any atom is 0.179 e. The van der Waals surface area contributed by atoms with Crippen LogP contribution >= 0.6 is 11.3 Å². The second kappa shape index (κ2) is 13.7. The average Bonchev–Trinajstić information content (AvgIpc) is 3.21. The van der Waals surface area contributed by atoms with E-state index in [0.29, 0.717) is 24.1 Å². The van der Waals surface area contributed by atoms with E-state index in [1.165, 1.54) is 35.6 Å². The lowest BCUT2D eigenvalue weighted by Gasteiger charge is -2.30. The fourth-order valence-electron chi connectivity index (χ4n) is 3.75. The Hall–Kier alpha value is -1.73. The van der Waals surface area contributed by atoms with Crippen molar-refractivity contribution < 1.29 is 19.3 Å². The maximum atomic E-state index is 10.4. The Bertz CT molecular complexity index is 794. The van der Waals surface area contributed by atoms with Crippen molar-refractivity contribution in [2.24, 2.45) is 0 Å². The molecule has 0 spiro atoms. The molecule has 0 fully saturated rings. The molecule has 2 aromatic heterocycles. The van der Waals surface area contributed by atoms with E-state index in [2.05, 4.69) is 55.2 Å². The predicted molar refractivity (Wildman–Crippen MR) is 137 cm³/mol. The fourth-order valence-corrected chi connectivity index (χ4v) is 4.71. The van der Waals surface area contributed by atoms with Gasteiger partial charge in [0.2, 0.25) is 0 Å². The summed E-state index contributed by atoms with van der Waals surface area (Å²) in [7, 11) is 4.06. The summed E-state index contributed by atoms with van der Waals surface area (Å²) in [4.78, 5) is 3.81. The van der Waals surface area contributed by atoms with Gasteiger partial charge in [0, 0.05) is 30.1 Å². The van der Waals surface area contributed by atoms with Crippen LogP contribution in [0.5, 0.6) is 0 Å². The van der Waals surface area contributed by atoms with Gasteiger partial charge in [0.1, 0.15) is 13.1 Å². The smallest absolute Gasteiger partial charge is 0.179 e. The quantitative estimate of drug-likeness (QED) is 0.311. The molecule has 0 aliphatic rings. The number of unbranched alkanes of at least 4 members (excludes halogenated alkanes) is 2. The zero-order valence-electron chi connectivity index (χ0n) is 20.4. The first-order chi connectivity index (χ1) is 15.4. The van der Waals surface area contributed by atoms with Crippen LogP contribution in [0.25, 0.3) is 12.2 Å². The fraction of sp³-hybridized carbons (Fsp3) is 0.577. The Balaban J connectivity index is 1.93. The third-order valence-electron chi connectivity index (χ3n) is 5.68. The van der Waals surface area contributed by atoms with Gasteiger partial charge in [0.25, 0.3) is 0 Å². The minimum Gasteiger partial charge on any atom is -0.391 e. The number of pyridine rings is 1. The molecule has 2 heterocycles. The van der Waals surface area contributed by atoms with Crippen LogP contribution in [0.1, 0.15) is 50.0 Å². The second-order valence-corrected chi connectivity index (χ2v) is 10.3. The Kier molecular flexibility index (Phi) is 11.4. The molecule has 0 bridgehead atoms. The van der Waals surface area contributed by atoms with Crippen LogP contribution in [0.2, 0.25) is 0 Å². The minimum atomic E-state index is -0.448. The van der Waals surface area contributed by atoms with E-state index >= 15 is 0 Å². The van der Waals surface area contributed by atoms with Crippen molar-refractivity contribution in [3.05, 3.63) is 47.1 Å². The highest BCUT2D eigenvalue weighted by Crippen LogP contribution is 2.28. The summed E-state index contributed by atoms with van der Waals surface area (Å²) >= 11 is 1.86. The first kappa shape index (κ1) is 26.5. The van der Waals surface area contributed by atoms with E-state index in [4.69, 9.17) is 5.11 Å². The maximum absolute atomic E-state index is 10.4. The molecule has 5 nitrogen and oxygen atoms in total. The van der Waals surface area contributed by atoms with E-state index in [9.17, 15) is 5.11 Å². The molecule has 6 heteroatoms. The minimum absolute atomic E-state index is 0.134. The summed E-state index contributed by atoms with van der Waals surface area (Å²) in [5, 5.41) is 20.9. The normalized spacial score (nSPS) is 13.1. The van der Waals surface area contributed by atoms with Crippen LogP contribution in [-0.4, -0.2) is 67.7 Å². The number of aromatic nitrogens is 1. The summed E-state index contributed by atoms with van der Waals surface area (Å²) in [6, 6.07) is 8.64. The van der Waals surface area contributed by atoms with Crippen LogP contribution in [0.3, 0.4) is 0 Å². The molecule has 1 unspecified atom stereocenters. The van der Waals surface area contributed by atoms with Gasteiger partial charge in [0.05, 0.1) is 25.7 Å². The van der Waals surface area contributed by atoms with Crippen LogP contribution < -0.4 is 9.47 Å². The van der Waals surface area contributed by atoms with Crippen LogP contribution in [-0.2, 0) is 6.54 Å². The standard InChI is InChI=1S/C26H43N3O2S/c1-5-7-15-28(16-8-6-2)26-12-11-25(32-26)10-9-23-13-17-27(18-14-23)21-24(31)22-29(3,4)19-20-30/h9-14,17-18,24,30-31H,5-8,15-16,19-22H2,1-4H3/q+2. The van der Waals surface area contributed by atoms with Crippen molar-refractivity contribution >= 4 is 28.5 Å². The number of hydrogen-bond donors (Lipinski definition) is 2. The van der Waals surface area contributed by atoms with E-state index in [1.54, 1.807) is 0 Å². The summed E-state index contributed by atoms with van der Waals surface area (Å²) < 4.78 is 2.62. The van der Waals surface area contributed by atoms with E-state index < -0.39 is 6.10 Å². The predicted octanol–water partition coefficient (Wildman–Crippen LogP) is 4.04. The van der Waals surface area contributed by atoms with E-state index in [1.807, 2.05) is 42.4 Å². The number of aliphatic hydroxyl groups excluding tert-OH is 2. The number of thiophene rings is 1. The van der Waals surface area contributed by atoms with E-state index in [-0.39, 0.29) is 6.61 Å². The van der Waals surface area contributed by atoms with Crippen molar-refractivity contribution in [1.29, 1.82) is 0 Å². The monoisotopic (exact) mass is 461 g/mol. The summed E-state index contributed by atoms with van der Waals surface area (Å²) in [6.45, 7) is 8.73. The van der Waals surface area contributed by atoms with Crippen molar-refractivity contribution in [2.75, 3.05) is 51.8 Å². The average molecular weight is 462 g/mol. The Labute approximate surface area is 198 Å². The molecule has 0 aromatic carbocycles. The third kappa shape index (κ3) is 9.41. The molecule has 0 saturated heterocycles. The largest absolute Gasteiger partial charge is 0.391 e. The number of aliphatic hydroxyl groups is 2. The highest BCUT2D eigenvalue weighted by atomic mass is 32.1. The Morgan fingerprint density at radius 2 is 1.69 bits per heavy atom. The molecule has 32 heavy (non-hydrogen) atoms. The molecule has 178 valence electrons. The van der Waals surface area contributed by atoms with Gasteiger partial charge in [-0.25, -0.2) is 4.57 Å². The Morgan fingerprint density at radius 1 is 1.03 bits per heavy atom. The molecule has 0 aliphatic carbocycles. The molecular formula is C26H43N3O2S+2. The third-order valence-corrected chi connectivity index (χ3v) is 6.79. The lowest BCUT2D eigenvalue weighted by molar-refractivity contribution is -0.896. The molecule has 1 atom stereocenters. The van der Waals surface area contributed by atoms with Gasteiger partial charge in [0.15, 0.2) is 25.0 Å². The van der Waals surface area contributed by atoms with Crippen molar-refractivity contribution in [3.63, 3.8) is 0 Å². The van der Waals surface area contributed by atoms with Crippen LogP contribution in [0.4, 0.5) is 5.00 Å². The van der Waals surface area contributed by atoms with Crippen LogP contribution in [0.15, 0.2) is 36.7 Å². The summed E-state index contributed by atoms with van der Waals surface area (Å²) in [6.07, 6.45) is 12.9. The van der Waals surface area contributed by atoms with Gasteiger partial charge in [-0.05, 0) is 36.6 Å². The number of likely N-dealkylation sites (N-methyl/N-ethyl adjacent to an activating group) is 1. The number of quaternary nitrogens is 1. The van der Waals surface area contributed by atoms with Gasteiger partial charge >= 0.3 is 0 Å². The lowest BCUT2D eigenvalue weighted by Crippen LogP contribution is -2.51. The summed E-state index contributed by atoms with van der Waals surface area (Å²) in [5.74, 6) is 0. The highest BCUT2D eigenvalue weighted by Gasteiger charge is 2.22. The zero-order valence-corrected chi connectivity index (χ0v) is 21.2. The van der Waals surface area contributed by atoms with E-state index in [0.717, 1.165) is 18.7 Å². The molecule has 2 rings (SSSR count). The molecule has 0 radical (unpaired) electrons. The number of anilines is 1. The van der Waals surface area contributed by atoms with Crippen molar-refractivity contribution in [3.8, 4) is 0 Å². The van der Waals surface area contributed by atoms with Crippen molar-refractivity contribution in [2.45, 2.75) is 52.2 Å². The van der Waals surface area contributed by atoms with Gasteiger partial charge in [-0.1, -0.05) is 32.8 Å². The molecule has 2 N–H and O–H groups in total. The molecule has 2 aromatic rings. The molecular weight excluding hydrogens is 418 g/mol. The first-order valence-corrected chi connectivity index (χ1v) is 12.8. The second-order valence-electron chi connectivity index (χ2n) is 9.25. The Morgan fingerprint density at radius 3 is 2.28 bits per heavy atom. The summed E-state index contributed by atoms with van der Waals surface area (Å²) in [5.41, 5.74) is 1.15. The molecule has 0 saturated carbocycles. The number of hydrogen-bond acceptors (Lipinski definition) is 4.